The largest absolute Gasteiger partial charge is 0.497 e. The van der Waals surface area contributed by atoms with Crippen LogP contribution < -0.4 is 20.3 Å². The zero-order valence-corrected chi connectivity index (χ0v) is 21.2. The second-order valence-electron chi connectivity index (χ2n) is 7.91. The first kappa shape index (κ1) is 25.5. The average Bonchev–Trinajstić information content (AvgIpc) is 2.85. The van der Waals surface area contributed by atoms with Crippen molar-refractivity contribution in [2.45, 2.75) is 27.3 Å². The number of benzene rings is 2. The van der Waals surface area contributed by atoms with Crippen LogP contribution in [0.25, 0.3) is 10.9 Å². The average molecular weight is 483 g/mol. The van der Waals surface area contributed by atoms with Gasteiger partial charge in [0.2, 0.25) is 0 Å². The molecule has 0 unspecified atom stereocenters. The smallest absolute Gasteiger partial charge is 0.253 e. The Morgan fingerprint density at radius 1 is 1.00 bits per heavy atom. The molecule has 3 rings (SSSR count). The highest BCUT2D eigenvalue weighted by Crippen LogP contribution is 2.20. The summed E-state index contributed by atoms with van der Waals surface area (Å²) >= 11 is 5.77. The van der Waals surface area contributed by atoms with Gasteiger partial charge < -0.3 is 29.6 Å². The van der Waals surface area contributed by atoms with Crippen molar-refractivity contribution in [3.05, 3.63) is 64.4 Å². The fraction of sp³-hybridized carbons (Fsp3) is 0.385. The third kappa shape index (κ3) is 6.71. The number of fused-ring (bicyclic) bond motifs is 1. The van der Waals surface area contributed by atoms with Gasteiger partial charge in [-0.3, -0.25) is 4.79 Å². The van der Waals surface area contributed by atoms with Crippen LogP contribution in [0.5, 0.6) is 11.5 Å². The third-order valence-electron chi connectivity index (χ3n) is 5.78. The summed E-state index contributed by atoms with van der Waals surface area (Å²) in [5, 5.41) is 4.84. The summed E-state index contributed by atoms with van der Waals surface area (Å²) in [7, 11) is 1.61. The van der Waals surface area contributed by atoms with Gasteiger partial charge in [0, 0.05) is 30.4 Å². The Morgan fingerprint density at radius 2 is 1.71 bits per heavy atom. The van der Waals surface area contributed by atoms with E-state index < -0.39 is 0 Å². The number of ether oxygens (including phenoxy) is 2. The number of pyridine rings is 1. The molecule has 3 aromatic rings. The molecule has 0 saturated heterocycles. The first-order chi connectivity index (χ1) is 16.5. The highest BCUT2D eigenvalue weighted by atomic mass is 32.1. The van der Waals surface area contributed by atoms with E-state index in [1.54, 1.807) is 7.11 Å². The van der Waals surface area contributed by atoms with Crippen LogP contribution in [0.2, 0.25) is 0 Å². The zero-order valence-electron chi connectivity index (χ0n) is 20.4. The van der Waals surface area contributed by atoms with Crippen LogP contribution in [0.1, 0.15) is 26.3 Å². The van der Waals surface area contributed by atoms with Gasteiger partial charge in [0.25, 0.3) is 5.56 Å². The van der Waals surface area contributed by atoms with E-state index in [0.29, 0.717) is 36.1 Å². The second-order valence-corrected chi connectivity index (χ2v) is 8.30. The van der Waals surface area contributed by atoms with Gasteiger partial charge in [0.05, 0.1) is 25.8 Å². The van der Waals surface area contributed by atoms with Crippen molar-refractivity contribution in [3.8, 4) is 11.5 Å². The number of likely N-dealkylation sites (N-methyl/N-ethyl adjacent to an activating group) is 1. The van der Waals surface area contributed by atoms with Crippen molar-refractivity contribution in [2.75, 3.05) is 45.2 Å². The van der Waals surface area contributed by atoms with E-state index in [1.165, 1.54) is 0 Å². The highest BCUT2D eigenvalue weighted by molar-refractivity contribution is 7.80. The molecule has 8 heteroatoms. The van der Waals surface area contributed by atoms with Crippen LogP contribution in [0.4, 0.5) is 5.69 Å². The molecule has 34 heavy (non-hydrogen) atoms. The molecule has 0 aliphatic rings. The lowest BCUT2D eigenvalue weighted by molar-refractivity contribution is 0.266. The summed E-state index contributed by atoms with van der Waals surface area (Å²) in [5.74, 6) is 1.52. The van der Waals surface area contributed by atoms with E-state index in [9.17, 15) is 4.79 Å². The van der Waals surface area contributed by atoms with Crippen molar-refractivity contribution in [3.63, 3.8) is 0 Å². The number of anilines is 1. The number of rotatable bonds is 11. The molecule has 0 atom stereocenters. The summed E-state index contributed by atoms with van der Waals surface area (Å²) in [6.45, 7) is 10.7. The maximum absolute atomic E-state index is 12.9. The lowest BCUT2D eigenvalue weighted by atomic mass is 10.1. The number of methoxy groups -OCH3 is 1. The van der Waals surface area contributed by atoms with E-state index in [1.807, 2.05) is 60.4 Å². The van der Waals surface area contributed by atoms with Gasteiger partial charge in [-0.15, -0.1) is 0 Å². The Morgan fingerprint density at radius 3 is 2.35 bits per heavy atom. The molecule has 182 valence electrons. The monoisotopic (exact) mass is 482 g/mol. The molecular weight excluding hydrogens is 448 g/mol. The molecule has 0 amide bonds. The Balaban J connectivity index is 1.82. The predicted octanol–water partition coefficient (Wildman–Crippen LogP) is 4.48. The van der Waals surface area contributed by atoms with Gasteiger partial charge in [-0.25, -0.2) is 0 Å². The van der Waals surface area contributed by atoms with E-state index in [-0.39, 0.29) is 5.56 Å². The molecule has 0 bridgehead atoms. The summed E-state index contributed by atoms with van der Waals surface area (Å²) in [4.78, 5) is 20.3. The normalized spacial score (nSPS) is 11.0. The Kier molecular flexibility index (Phi) is 9.30. The summed E-state index contributed by atoms with van der Waals surface area (Å²) in [6, 6.07) is 15.3. The van der Waals surface area contributed by atoms with Gasteiger partial charge in [0.15, 0.2) is 5.11 Å². The number of aromatic amines is 1. The Bertz CT molecular complexity index is 1140. The number of thiocarbonyl (C=S) groups is 1. The Hall–Kier alpha value is -3.10. The topological polar surface area (TPSA) is 69.8 Å². The molecule has 0 radical (unpaired) electrons. The standard InChI is InChI=1S/C26H34N4O3S/c1-5-29(6-2)14-15-30(26(34)27-21-9-12-22(13-10-21)33-7-3)18-20-16-19-8-11-23(32-4)17-24(19)28-25(20)31/h8-13,16-17H,5-7,14-15,18H2,1-4H3,(H,27,34)(H,28,31). The molecule has 1 aromatic heterocycles. The third-order valence-corrected chi connectivity index (χ3v) is 6.14. The van der Waals surface area contributed by atoms with Crippen LogP contribution in [0.3, 0.4) is 0 Å². The maximum atomic E-state index is 12.9. The van der Waals surface area contributed by atoms with Crippen molar-refractivity contribution >= 4 is 33.9 Å². The van der Waals surface area contributed by atoms with Gasteiger partial charge in [-0.1, -0.05) is 13.8 Å². The van der Waals surface area contributed by atoms with Crippen LogP contribution in [0, 0.1) is 0 Å². The maximum Gasteiger partial charge on any atom is 0.253 e. The van der Waals surface area contributed by atoms with Crippen LogP contribution >= 0.6 is 12.2 Å². The van der Waals surface area contributed by atoms with E-state index >= 15 is 0 Å². The van der Waals surface area contributed by atoms with Crippen molar-refractivity contribution in [2.24, 2.45) is 0 Å². The van der Waals surface area contributed by atoms with Crippen LogP contribution in [-0.4, -0.2) is 59.8 Å². The second kappa shape index (κ2) is 12.4. The molecule has 0 aliphatic carbocycles. The molecule has 2 aromatic carbocycles. The van der Waals surface area contributed by atoms with Crippen molar-refractivity contribution in [1.29, 1.82) is 0 Å². The quantitative estimate of drug-likeness (QED) is 0.391. The molecule has 0 saturated carbocycles. The zero-order chi connectivity index (χ0) is 24.5. The first-order valence-corrected chi connectivity index (χ1v) is 12.1. The predicted molar refractivity (Wildman–Crippen MR) is 143 cm³/mol. The SMILES string of the molecule is CCOc1ccc(NC(=S)N(CCN(CC)CC)Cc2cc3ccc(OC)cc3[nH]c2=O)cc1. The number of nitrogens with one attached hydrogen (secondary N) is 2. The molecule has 2 N–H and O–H groups in total. The van der Waals surface area contributed by atoms with Gasteiger partial charge in [-0.2, -0.15) is 0 Å². The summed E-state index contributed by atoms with van der Waals surface area (Å²) in [5.41, 5.74) is 2.16. The molecule has 0 aliphatic heterocycles. The van der Waals surface area contributed by atoms with Gasteiger partial charge in [-0.05, 0) is 80.1 Å². The minimum Gasteiger partial charge on any atom is -0.497 e. The number of aromatic nitrogens is 1. The van der Waals surface area contributed by atoms with Crippen LogP contribution in [0.15, 0.2) is 53.3 Å². The minimum absolute atomic E-state index is 0.127. The van der Waals surface area contributed by atoms with Crippen molar-refractivity contribution < 1.29 is 9.47 Å². The van der Waals surface area contributed by atoms with Crippen molar-refractivity contribution in [1.82, 2.24) is 14.8 Å². The number of hydrogen-bond donors (Lipinski definition) is 2. The molecule has 1 heterocycles. The van der Waals surface area contributed by atoms with E-state index in [4.69, 9.17) is 21.7 Å². The van der Waals surface area contributed by atoms with Crippen LogP contribution in [-0.2, 0) is 6.54 Å². The molecule has 7 nitrogen and oxygen atoms in total. The molecular formula is C26H34N4O3S. The van der Waals surface area contributed by atoms with E-state index in [2.05, 4.69) is 29.0 Å². The fourth-order valence-electron chi connectivity index (χ4n) is 3.73. The highest BCUT2D eigenvalue weighted by Gasteiger charge is 2.15. The van der Waals surface area contributed by atoms with Gasteiger partial charge >= 0.3 is 0 Å². The number of hydrogen-bond acceptors (Lipinski definition) is 5. The lowest BCUT2D eigenvalue weighted by Gasteiger charge is -2.29. The number of H-pyrrole nitrogens is 1. The lowest BCUT2D eigenvalue weighted by Crippen LogP contribution is -2.41. The molecule has 0 fully saturated rings. The molecule has 0 spiro atoms. The fourth-order valence-corrected chi connectivity index (χ4v) is 4.01. The van der Waals surface area contributed by atoms with E-state index in [0.717, 1.165) is 42.0 Å². The van der Waals surface area contributed by atoms with Gasteiger partial charge in [0.1, 0.15) is 11.5 Å². The summed E-state index contributed by atoms with van der Waals surface area (Å²) in [6.07, 6.45) is 0. The summed E-state index contributed by atoms with van der Waals surface area (Å²) < 4.78 is 10.8. The first-order valence-electron chi connectivity index (χ1n) is 11.7. The Labute approximate surface area is 206 Å². The number of nitrogens with zero attached hydrogens (tertiary/aromatic N) is 2. The minimum atomic E-state index is -0.127.